The van der Waals surface area contributed by atoms with Crippen molar-refractivity contribution in [3.8, 4) is 5.92 Å². The second-order valence-electron chi connectivity index (χ2n) is 6.70. The van der Waals surface area contributed by atoms with E-state index in [2.05, 4.69) is 72.7 Å². The van der Waals surface area contributed by atoms with Crippen LogP contribution in [0, 0.1) is 31.3 Å². The first-order valence-electron chi connectivity index (χ1n) is 8.20. The van der Waals surface area contributed by atoms with E-state index >= 15 is 0 Å². The summed E-state index contributed by atoms with van der Waals surface area (Å²) in [4.78, 5) is 0. The van der Waals surface area contributed by atoms with E-state index in [1.807, 2.05) is 32.9 Å². The van der Waals surface area contributed by atoms with Crippen LogP contribution in [0.3, 0.4) is 0 Å². The van der Waals surface area contributed by atoms with E-state index in [1.54, 1.807) is 0 Å². The van der Waals surface area contributed by atoms with Crippen LogP contribution in [0.1, 0.15) is 34.6 Å². The normalized spacial score (nSPS) is 10.1. The van der Waals surface area contributed by atoms with Crippen LogP contribution in [-0.2, 0) is 26.2 Å². The molecule has 0 fully saturated rings. The summed E-state index contributed by atoms with van der Waals surface area (Å²) in [6, 6.07) is 19.3. The SMILES string of the molecule is C.[C-]#CC(C)(C)C.[C-]1=CC=CC1.[CH3-].[Cl-].[Cl-].[Zr+2].c1ccc2c(c1)[cH-]c1ccccc12. The van der Waals surface area contributed by atoms with Crippen LogP contribution in [0.5, 0.6) is 0 Å². The fourth-order valence-electron chi connectivity index (χ4n) is 2.24. The van der Waals surface area contributed by atoms with Gasteiger partial charge >= 0.3 is 26.2 Å². The van der Waals surface area contributed by atoms with E-state index in [0.29, 0.717) is 0 Å². The van der Waals surface area contributed by atoms with Crippen LogP contribution >= 0.6 is 0 Å². The quantitative estimate of drug-likeness (QED) is 0.323. The predicted molar refractivity (Wildman–Crippen MR) is 118 cm³/mol. The van der Waals surface area contributed by atoms with E-state index in [0.717, 1.165) is 6.42 Å². The largest absolute Gasteiger partial charge is 2.00 e. The molecule has 156 valence electrons. The Bertz CT molecular complexity index is 830. The molecule has 0 unspecified atom stereocenters. The van der Waals surface area contributed by atoms with Crippen molar-refractivity contribution in [1.29, 1.82) is 0 Å². The first kappa shape index (κ1) is 35.3. The molecule has 0 nitrogen and oxygen atoms in total. The van der Waals surface area contributed by atoms with Crippen molar-refractivity contribution in [2.45, 2.75) is 34.6 Å². The van der Waals surface area contributed by atoms with Crippen molar-refractivity contribution in [2.75, 3.05) is 0 Å². The van der Waals surface area contributed by atoms with Gasteiger partial charge in [-0.3, -0.25) is 6.08 Å². The molecule has 0 bridgehead atoms. The van der Waals surface area contributed by atoms with Crippen molar-refractivity contribution >= 4 is 21.5 Å². The molecule has 4 rings (SSSR count). The van der Waals surface area contributed by atoms with E-state index in [9.17, 15) is 0 Å². The number of allylic oxidation sites excluding steroid dienone is 4. The summed E-state index contributed by atoms with van der Waals surface area (Å²) in [7, 11) is 0. The zero-order valence-electron chi connectivity index (χ0n) is 16.9. The molecule has 1 aliphatic carbocycles. The molecule has 3 heteroatoms. The Kier molecular flexibility index (Phi) is 21.5. The smallest absolute Gasteiger partial charge is 1.00 e. The maximum atomic E-state index is 6.60. The topological polar surface area (TPSA) is 0 Å². The second kappa shape index (κ2) is 17.7. The van der Waals surface area contributed by atoms with Gasteiger partial charge in [0.1, 0.15) is 0 Å². The van der Waals surface area contributed by atoms with Crippen molar-refractivity contribution in [2.24, 2.45) is 5.41 Å². The molecule has 0 amide bonds. The molecule has 0 spiro atoms. The van der Waals surface area contributed by atoms with E-state index < -0.39 is 0 Å². The minimum Gasteiger partial charge on any atom is -1.00 e. The summed E-state index contributed by atoms with van der Waals surface area (Å²) < 4.78 is 0. The van der Waals surface area contributed by atoms with Gasteiger partial charge in [0.15, 0.2) is 0 Å². The summed E-state index contributed by atoms with van der Waals surface area (Å²) in [5.74, 6) is 2.35. The van der Waals surface area contributed by atoms with E-state index in [1.165, 1.54) is 21.5 Å². The van der Waals surface area contributed by atoms with Gasteiger partial charge in [-0.25, -0.2) is 12.2 Å². The molecular formula is C26H30Cl2Zr-4. The zero-order chi connectivity index (χ0) is 17.4. The van der Waals surface area contributed by atoms with Crippen LogP contribution in [0.15, 0.2) is 72.8 Å². The third-order valence-corrected chi connectivity index (χ3v) is 3.48. The average Bonchev–Trinajstić information content (AvgIpc) is 3.26. The molecule has 3 aromatic carbocycles. The second-order valence-corrected chi connectivity index (χ2v) is 6.70. The Morgan fingerprint density at radius 3 is 1.62 bits per heavy atom. The number of halogens is 2. The molecule has 0 aliphatic heterocycles. The summed E-state index contributed by atoms with van der Waals surface area (Å²) >= 11 is 0. The third-order valence-electron chi connectivity index (χ3n) is 3.48. The summed E-state index contributed by atoms with van der Waals surface area (Å²) in [5, 5.41) is 5.39. The maximum absolute atomic E-state index is 6.60. The van der Waals surface area contributed by atoms with Crippen molar-refractivity contribution in [3.63, 3.8) is 0 Å². The monoisotopic (exact) mass is 502 g/mol. The summed E-state index contributed by atoms with van der Waals surface area (Å²) in [6.45, 7) is 5.83. The van der Waals surface area contributed by atoms with Crippen LogP contribution in [0.2, 0.25) is 0 Å². The Labute approximate surface area is 210 Å². The molecule has 0 saturated carbocycles. The Balaban J connectivity index is -0.000000170. The molecule has 0 radical (unpaired) electrons. The Morgan fingerprint density at radius 2 is 1.34 bits per heavy atom. The minimum atomic E-state index is -0.0417. The van der Waals surface area contributed by atoms with Crippen LogP contribution < -0.4 is 24.8 Å². The van der Waals surface area contributed by atoms with Gasteiger partial charge in [-0.05, 0) is 5.41 Å². The summed E-state index contributed by atoms with van der Waals surface area (Å²) in [5.41, 5.74) is -0.0417. The van der Waals surface area contributed by atoms with Gasteiger partial charge < -0.3 is 44.6 Å². The Morgan fingerprint density at radius 1 is 0.931 bits per heavy atom. The molecule has 1 aliphatic rings. The van der Waals surface area contributed by atoms with Crippen LogP contribution in [0.4, 0.5) is 0 Å². The number of hydrogen-bond donors (Lipinski definition) is 0. The first-order chi connectivity index (χ1) is 11.5. The fraction of sp³-hybridized carbons (Fsp3) is 0.231. The molecule has 0 N–H and O–H groups in total. The van der Waals surface area contributed by atoms with Crippen molar-refractivity contribution in [1.82, 2.24) is 0 Å². The van der Waals surface area contributed by atoms with Crippen molar-refractivity contribution < 1.29 is 51.0 Å². The number of rotatable bonds is 0. The standard InChI is InChI=1S/C13H9.C6H9.C5H5.CH4.CH3.2ClH.Zr/c1-3-7-12-10(5-1)9-11-6-2-4-8-13(11)12;1-5-6(2,3)4;1-2-4-5-3-1;;;;;/h1-9H;2-4H3;1-3H,4H2;1H4;1H3;2*1H;/q3*-1;;-1;;;+2/p-2. The molecule has 0 atom stereocenters. The molecule has 3 aromatic rings. The van der Waals surface area contributed by atoms with E-state index in [4.69, 9.17) is 6.42 Å². The first-order valence-corrected chi connectivity index (χ1v) is 8.20. The molecule has 0 aromatic heterocycles. The number of benzene rings is 2. The number of hydrogen-bond acceptors (Lipinski definition) is 0. The average molecular weight is 505 g/mol. The van der Waals surface area contributed by atoms with Gasteiger partial charge in [0.05, 0.1) is 0 Å². The van der Waals surface area contributed by atoms with Gasteiger partial charge in [-0.15, -0.1) is 46.2 Å². The maximum Gasteiger partial charge on any atom is 2.00 e. The van der Waals surface area contributed by atoms with Gasteiger partial charge in [0, 0.05) is 0 Å². The fourth-order valence-corrected chi connectivity index (χ4v) is 2.24. The van der Waals surface area contributed by atoms with E-state index in [-0.39, 0.29) is 71.3 Å². The predicted octanol–water partition coefficient (Wildman–Crippen LogP) is 1.73. The molecule has 0 heterocycles. The van der Waals surface area contributed by atoms with Crippen LogP contribution in [0.25, 0.3) is 21.5 Å². The zero-order valence-corrected chi connectivity index (χ0v) is 20.9. The van der Waals surface area contributed by atoms with Crippen LogP contribution in [-0.4, -0.2) is 0 Å². The number of fused-ring (bicyclic) bond motifs is 3. The van der Waals surface area contributed by atoms with Gasteiger partial charge in [0.2, 0.25) is 0 Å². The van der Waals surface area contributed by atoms with Crippen molar-refractivity contribution in [3.05, 3.63) is 92.8 Å². The van der Waals surface area contributed by atoms with Gasteiger partial charge in [-0.1, -0.05) is 64.6 Å². The molecule has 0 saturated heterocycles. The molecular weight excluding hydrogens is 474 g/mol. The summed E-state index contributed by atoms with van der Waals surface area (Å²) in [6.07, 6.45) is 16.6. The minimum absolute atomic E-state index is 0. The van der Waals surface area contributed by atoms with Gasteiger partial charge in [-0.2, -0.15) is 6.08 Å². The van der Waals surface area contributed by atoms with Gasteiger partial charge in [0.25, 0.3) is 0 Å². The third kappa shape index (κ3) is 12.2. The Hall–Kier alpha value is -1.19. The molecule has 29 heavy (non-hydrogen) atoms.